The molecule has 2 N–H and O–H groups in total. The molecule has 7 nitrogen and oxygen atoms in total. The molecule has 9 heteroatoms. The minimum atomic E-state index is -2.92. The number of alkyl halides is 2. The van der Waals surface area contributed by atoms with Gasteiger partial charge in [0.25, 0.3) is 17.7 Å². The maximum absolute atomic E-state index is 12.6. The molecule has 0 unspecified atom stereocenters. The summed E-state index contributed by atoms with van der Waals surface area (Å²) in [5.41, 5.74) is 1.23. The van der Waals surface area contributed by atoms with Crippen molar-refractivity contribution in [3.63, 3.8) is 0 Å². The fourth-order valence-electron chi connectivity index (χ4n) is 3.59. The maximum Gasteiger partial charge on any atom is 0.387 e. The van der Waals surface area contributed by atoms with Crippen LogP contribution in [0, 0.1) is 0 Å². The summed E-state index contributed by atoms with van der Waals surface area (Å²) in [5, 5.41) is 5.07. The summed E-state index contributed by atoms with van der Waals surface area (Å²) in [4.78, 5) is 37.8. The van der Waals surface area contributed by atoms with Crippen molar-refractivity contribution in [3.8, 4) is 5.75 Å². The highest BCUT2D eigenvalue weighted by atomic mass is 19.3. The number of imide groups is 1. The van der Waals surface area contributed by atoms with E-state index in [0.29, 0.717) is 25.2 Å². The molecule has 0 spiro atoms. The van der Waals surface area contributed by atoms with Crippen molar-refractivity contribution < 1.29 is 27.9 Å². The van der Waals surface area contributed by atoms with Gasteiger partial charge in [0.1, 0.15) is 5.75 Å². The average Bonchev–Trinajstić information content (AvgIpc) is 3.26. The number of amides is 3. The predicted molar refractivity (Wildman–Crippen MR) is 99.4 cm³/mol. The number of carbonyl (C=O) groups is 3. The van der Waals surface area contributed by atoms with Crippen LogP contribution in [0.15, 0.2) is 42.5 Å². The van der Waals surface area contributed by atoms with Gasteiger partial charge in [-0.15, -0.1) is 0 Å². The van der Waals surface area contributed by atoms with E-state index in [-0.39, 0.29) is 34.4 Å². The summed E-state index contributed by atoms with van der Waals surface area (Å²) in [5.74, 6) is -1.29. The number of halogens is 2. The summed E-state index contributed by atoms with van der Waals surface area (Å²) in [6, 6.07) is 10.6. The predicted octanol–water partition coefficient (Wildman–Crippen LogP) is 2.18. The number of rotatable bonds is 5. The second kappa shape index (κ2) is 7.50. The molecule has 0 aliphatic carbocycles. The van der Waals surface area contributed by atoms with Crippen LogP contribution in [0.2, 0.25) is 0 Å². The van der Waals surface area contributed by atoms with Gasteiger partial charge in [0, 0.05) is 24.7 Å². The normalized spacial score (nSPS) is 18.0. The lowest BCUT2D eigenvalue weighted by Gasteiger charge is -2.22. The number of benzene rings is 2. The van der Waals surface area contributed by atoms with Gasteiger partial charge in [-0.1, -0.05) is 12.1 Å². The van der Waals surface area contributed by atoms with Gasteiger partial charge in [-0.25, -0.2) is 0 Å². The molecule has 0 bridgehead atoms. The lowest BCUT2D eigenvalue weighted by atomic mass is 10.0. The van der Waals surface area contributed by atoms with Gasteiger partial charge in [-0.3, -0.25) is 19.7 Å². The molecule has 1 saturated heterocycles. The van der Waals surface area contributed by atoms with E-state index < -0.39 is 18.4 Å². The van der Waals surface area contributed by atoms with Crippen LogP contribution in [0.5, 0.6) is 5.75 Å². The lowest BCUT2D eigenvalue weighted by molar-refractivity contribution is -0.0495. The number of nitrogens with zero attached hydrogens (tertiary/aromatic N) is 1. The molecule has 0 radical (unpaired) electrons. The minimum Gasteiger partial charge on any atom is -0.433 e. The minimum absolute atomic E-state index is 0.0868. The number of fused-ring (bicyclic) bond motifs is 1. The third-order valence-corrected chi connectivity index (χ3v) is 4.94. The van der Waals surface area contributed by atoms with Crippen LogP contribution in [-0.2, 0) is 0 Å². The Hall–Kier alpha value is -3.49. The van der Waals surface area contributed by atoms with Gasteiger partial charge in [0.2, 0.25) is 0 Å². The van der Waals surface area contributed by atoms with Crippen molar-refractivity contribution in [1.29, 1.82) is 0 Å². The number of nitrogens with one attached hydrogen (secondary N) is 2. The molecule has 2 aromatic rings. The van der Waals surface area contributed by atoms with E-state index in [4.69, 9.17) is 0 Å². The molecule has 29 heavy (non-hydrogen) atoms. The first-order chi connectivity index (χ1) is 13.9. The van der Waals surface area contributed by atoms with Crippen molar-refractivity contribution in [3.05, 3.63) is 59.2 Å². The number of carbonyl (C=O) groups excluding carboxylic acids is 3. The van der Waals surface area contributed by atoms with Crippen LogP contribution >= 0.6 is 0 Å². The van der Waals surface area contributed by atoms with Crippen LogP contribution < -0.4 is 20.3 Å². The van der Waals surface area contributed by atoms with E-state index in [1.807, 2.05) is 4.90 Å². The van der Waals surface area contributed by atoms with Crippen molar-refractivity contribution in [2.75, 3.05) is 18.0 Å². The van der Waals surface area contributed by atoms with E-state index >= 15 is 0 Å². The summed E-state index contributed by atoms with van der Waals surface area (Å²) < 4.78 is 29.8. The smallest absolute Gasteiger partial charge is 0.387 e. The molecular weight excluding hydrogens is 384 g/mol. The molecule has 2 aromatic carbocycles. The SMILES string of the molecule is O=C(N[C@@H]1CCN(c2ccccc2OC(F)F)C1)c1ccc2c(c1)C(=O)NC2=O. The van der Waals surface area contributed by atoms with Gasteiger partial charge in [0.05, 0.1) is 16.8 Å². The second-order valence-electron chi connectivity index (χ2n) is 6.79. The van der Waals surface area contributed by atoms with Crippen molar-refractivity contribution in [1.82, 2.24) is 10.6 Å². The second-order valence-corrected chi connectivity index (χ2v) is 6.79. The summed E-state index contributed by atoms with van der Waals surface area (Å²) in [6.07, 6.45) is 0.624. The summed E-state index contributed by atoms with van der Waals surface area (Å²) in [7, 11) is 0. The Balaban J connectivity index is 1.44. The van der Waals surface area contributed by atoms with Gasteiger partial charge >= 0.3 is 6.61 Å². The number of ether oxygens (including phenoxy) is 1. The van der Waals surface area contributed by atoms with Gasteiger partial charge in [-0.05, 0) is 36.8 Å². The topological polar surface area (TPSA) is 87.7 Å². The third-order valence-electron chi connectivity index (χ3n) is 4.94. The van der Waals surface area contributed by atoms with E-state index in [1.54, 1.807) is 18.2 Å². The third kappa shape index (κ3) is 3.75. The highest BCUT2D eigenvalue weighted by molar-refractivity contribution is 6.22. The van der Waals surface area contributed by atoms with E-state index in [9.17, 15) is 23.2 Å². The van der Waals surface area contributed by atoms with E-state index in [0.717, 1.165) is 0 Å². The highest BCUT2D eigenvalue weighted by Crippen LogP contribution is 2.31. The molecule has 1 atom stereocenters. The first-order valence-corrected chi connectivity index (χ1v) is 9.02. The Kier molecular flexibility index (Phi) is 4.87. The highest BCUT2D eigenvalue weighted by Gasteiger charge is 2.29. The molecule has 2 aliphatic heterocycles. The Bertz CT molecular complexity index is 995. The quantitative estimate of drug-likeness (QED) is 0.750. The lowest BCUT2D eigenvalue weighted by Crippen LogP contribution is -2.37. The van der Waals surface area contributed by atoms with Crippen LogP contribution in [0.1, 0.15) is 37.5 Å². The van der Waals surface area contributed by atoms with Gasteiger partial charge in [-0.2, -0.15) is 8.78 Å². The molecule has 0 saturated carbocycles. The number of hydrogen-bond acceptors (Lipinski definition) is 5. The Morgan fingerprint density at radius 1 is 1.14 bits per heavy atom. The molecular formula is C20H17F2N3O4. The molecule has 3 amide bonds. The first-order valence-electron chi connectivity index (χ1n) is 9.02. The van der Waals surface area contributed by atoms with Crippen molar-refractivity contribution in [2.24, 2.45) is 0 Å². The Morgan fingerprint density at radius 3 is 2.69 bits per heavy atom. The molecule has 1 fully saturated rings. The Morgan fingerprint density at radius 2 is 1.90 bits per heavy atom. The average molecular weight is 401 g/mol. The standard InChI is InChI=1S/C20H17F2N3O4/c21-20(22)29-16-4-2-1-3-15(16)25-8-7-12(10-25)23-17(26)11-5-6-13-14(9-11)19(28)24-18(13)27/h1-6,9,12,20H,7-8,10H2,(H,23,26)(H,24,27,28)/t12-/m1/s1. The zero-order valence-electron chi connectivity index (χ0n) is 15.2. The number of anilines is 1. The van der Waals surface area contributed by atoms with Crippen LogP contribution in [0.4, 0.5) is 14.5 Å². The first kappa shape index (κ1) is 18.9. The number of hydrogen-bond donors (Lipinski definition) is 2. The summed E-state index contributed by atoms with van der Waals surface area (Å²) in [6.45, 7) is -1.92. The van der Waals surface area contributed by atoms with Crippen molar-refractivity contribution >= 4 is 23.4 Å². The molecule has 150 valence electrons. The van der Waals surface area contributed by atoms with Crippen LogP contribution in [0.25, 0.3) is 0 Å². The Labute approximate surface area is 164 Å². The fourth-order valence-corrected chi connectivity index (χ4v) is 3.59. The molecule has 2 aliphatic rings. The van der Waals surface area contributed by atoms with E-state index in [2.05, 4.69) is 15.4 Å². The maximum atomic E-state index is 12.6. The van der Waals surface area contributed by atoms with Crippen LogP contribution in [-0.4, -0.2) is 43.5 Å². The van der Waals surface area contributed by atoms with Gasteiger partial charge in [0.15, 0.2) is 0 Å². The zero-order chi connectivity index (χ0) is 20.5. The van der Waals surface area contributed by atoms with Gasteiger partial charge < -0.3 is 15.0 Å². The molecule has 2 heterocycles. The molecule has 4 rings (SSSR count). The number of para-hydroxylation sites is 2. The van der Waals surface area contributed by atoms with Crippen molar-refractivity contribution in [2.45, 2.75) is 19.1 Å². The fraction of sp³-hybridized carbons (Fsp3) is 0.250. The van der Waals surface area contributed by atoms with E-state index in [1.165, 1.54) is 24.3 Å². The zero-order valence-corrected chi connectivity index (χ0v) is 15.2. The monoisotopic (exact) mass is 401 g/mol. The largest absolute Gasteiger partial charge is 0.433 e. The van der Waals surface area contributed by atoms with Crippen LogP contribution in [0.3, 0.4) is 0 Å². The summed E-state index contributed by atoms with van der Waals surface area (Å²) >= 11 is 0. The molecule has 0 aromatic heterocycles.